The fourth-order valence-corrected chi connectivity index (χ4v) is 3.23. The maximum atomic E-state index is 5.76. The molecule has 0 unspecified atom stereocenters. The van der Waals surface area contributed by atoms with Gasteiger partial charge in [-0.15, -0.1) is 22.0 Å². The second-order valence-corrected chi connectivity index (χ2v) is 6.12. The summed E-state index contributed by atoms with van der Waals surface area (Å²) in [4.78, 5) is 1.14. The third kappa shape index (κ3) is 3.49. The second kappa shape index (κ2) is 6.83. The third-order valence-electron chi connectivity index (χ3n) is 2.95. The predicted octanol–water partition coefficient (Wildman–Crippen LogP) is 4.75. The largest absolute Gasteiger partial charge is 0.411 e. The number of aromatic nitrogens is 2. The topological polar surface area (TPSA) is 38.9 Å². The molecule has 3 rings (SSSR count). The lowest BCUT2D eigenvalue weighted by Crippen LogP contribution is -1.81. The quantitative estimate of drug-likeness (QED) is 0.635. The average Bonchev–Trinajstić information content (AvgIpc) is 3.02. The van der Waals surface area contributed by atoms with Gasteiger partial charge in [-0.25, -0.2) is 0 Å². The van der Waals surface area contributed by atoms with E-state index in [2.05, 4.69) is 28.4 Å². The summed E-state index contributed by atoms with van der Waals surface area (Å²) in [6.07, 6.45) is 2.04. The van der Waals surface area contributed by atoms with Gasteiger partial charge in [0.25, 0.3) is 5.22 Å². The van der Waals surface area contributed by atoms with Gasteiger partial charge in [0.1, 0.15) is 0 Å². The Hall–Kier alpha value is -1.72. The molecule has 106 valence electrons. The molecule has 1 aromatic heterocycles. The summed E-state index contributed by atoms with van der Waals surface area (Å²) in [5.74, 6) is 1.41. The molecule has 0 atom stereocenters. The van der Waals surface area contributed by atoms with E-state index in [1.54, 1.807) is 23.5 Å². The van der Waals surface area contributed by atoms with E-state index in [0.29, 0.717) is 11.1 Å². The first-order valence-electron chi connectivity index (χ1n) is 6.50. The van der Waals surface area contributed by atoms with E-state index in [0.717, 1.165) is 16.2 Å². The molecule has 0 bridgehead atoms. The zero-order valence-electron chi connectivity index (χ0n) is 11.5. The Morgan fingerprint density at radius 1 is 0.952 bits per heavy atom. The Morgan fingerprint density at radius 3 is 2.52 bits per heavy atom. The Labute approximate surface area is 132 Å². The van der Waals surface area contributed by atoms with Gasteiger partial charge < -0.3 is 4.42 Å². The van der Waals surface area contributed by atoms with Crippen LogP contribution in [0, 0.1) is 0 Å². The average molecular weight is 314 g/mol. The predicted molar refractivity (Wildman–Crippen MR) is 87.5 cm³/mol. The lowest BCUT2D eigenvalue weighted by atomic mass is 10.2. The summed E-state index contributed by atoms with van der Waals surface area (Å²) in [5.41, 5.74) is 2.23. The van der Waals surface area contributed by atoms with Crippen LogP contribution in [-0.2, 0) is 5.75 Å². The monoisotopic (exact) mass is 314 g/mol. The lowest BCUT2D eigenvalue weighted by molar-refractivity contribution is 0.465. The van der Waals surface area contributed by atoms with Crippen LogP contribution in [0.25, 0.3) is 11.5 Å². The number of nitrogens with zero attached hydrogens (tertiary/aromatic N) is 2. The Kier molecular flexibility index (Phi) is 4.62. The van der Waals surface area contributed by atoms with Gasteiger partial charge in [-0.05, 0) is 24.0 Å². The molecule has 0 fully saturated rings. The number of benzene rings is 2. The van der Waals surface area contributed by atoms with E-state index in [1.807, 2.05) is 42.7 Å². The first-order valence-corrected chi connectivity index (χ1v) is 8.71. The molecule has 0 radical (unpaired) electrons. The van der Waals surface area contributed by atoms with E-state index in [1.165, 1.54) is 5.56 Å². The fourth-order valence-electron chi connectivity index (χ4n) is 1.92. The molecule has 0 spiro atoms. The van der Waals surface area contributed by atoms with Gasteiger partial charge >= 0.3 is 0 Å². The van der Waals surface area contributed by atoms with Crippen LogP contribution >= 0.6 is 23.5 Å². The molecule has 1 heterocycles. The molecule has 0 saturated heterocycles. The minimum Gasteiger partial charge on any atom is -0.411 e. The zero-order chi connectivity index (χ0) is 14.5. The van der Waals surface area contributed by atoms with Crippen LogP contribution < -0.4 is 0 Å². The van der Waals surface area contributed by atoms with Gasteiger partial charge in [-0.3, -0.25) is 0 Å². The van der Waals surface area contributed by atoms with Crippen LogP contribution in [0.2, 0.25) is 0 Å². The van der Waals surface area contributed by atoms with Crippen LogP contribution in [0.3, 0.4) is 0 Å². The highest BCUT2D eigenvalue weighted by Gasteiger charge is 2.12. The molecule has 0 aliphatic carbocycles. The Morgan fingerprint density at radius 2 is 1.71 bits per heavy atom. The minimum absolute atomic E-state index is 0.579. The van der Waals surface area contributed by atoms with E-state index >= 15 is 0 Å². The second-order valence-electron chi connectivity index (χ2n) is 4.35. The first kappa shape index (κ1) is 14.2. The van der Waals surface area contributed by atoms with Crippen LogP contribution in [0.5, 0.6) is 0 Å². The van der Waals surface area contributed by atoms with Gasteiger partial charge in [0.2, 0.25) is 5.89 Å². The number of hydrogen-bond donors (Lipinski definition) is 0. The molecule has 0 aliphatic heterocycles. The lowest BCUT2D eigenvalue weighted by Gasteiger charge is -2.01. The molecule has 2 aromatic carbocycles. The van der Waals surface area contributed by atoms with Crippen molar-refractivity contribution < 1.29 is 4.42 Å². The summed E-state index contributed by atoms with van der Waals surface area (Å²) in [6.45, 7) is 0. The molecule has 0 aliphatic rings. The highest BCUT2D eigenvalue weighted by atomic mass is 32.2. The van der Waals surface area contributed by atoms with Crippen LogP contribution in [0.15, 0.2) is 69.1 Å². The standard InChI is InChI=1S/C16H14N2OS2/c1-20-14-10-6-5-9-13(14)15-17-18-16(19-15)21-11-12-7-3-2-4-8-12/h2-10H,11H2,1H3. The molecular weight excluding hydrogens is 300 g/mol. The van der Waals surface area contributed by atoms with Crippen LogP contribution in [0.4, 0.5) is 0 Å². The van der Waals surface area contributed by atoms with Crippen LogP contribution in [-0.4, -0.2) is 16.5 Å². The molecule has 0 N–H and O–H groups in total. The number of thioether (sulfide) groups is 2. The SMILES string of the molecule is CSc1ccccc1-c1nnc(SCc2ccccc2)o1. The van der Waals surface area contributed by atoms with Gasteiger partial charge in [-0.2, -0.15) is 0 Å². The summed E-state index contributed by atoms with van der Waals surface area (Å²) >= 11 is 3.23. The van der Waals surface area contributed by atoms with Crippen molar-refractivity contribution in [3.05, 3.63) is 60.2 Å². The summed E-state index contributed by atoms with van der Waals surface area (Å²) in [6, 6.07) is 18.3. The Balaban J connectivity index is 1.74. The zero-order valence-corrected chi connectivity index (χ0v) is 13.2. The summed E-state index contributed by atoms with van der Waals surface area (Å²) in [5, 5.41) is 8.88. The molecule has 3 nitrogen and oxygen atoms in total. The van der Waals surface area contributed by atoms with Gasteiger partial charge in [0.15, 0.2) is 0 Å². The van der Waals surface area contributed by atoms with Gasteiger partial charge in [0, 0.05) is 10.6 Å². The van der Waals surface area contributed by atoms with E-state index in [9.17, 15) is 0 Å². The van der Waals surface area contributed by atoms with Crippen molar-refractivity contribution in [1.29, 1.82) is 0 Å². The number of rotatable bonds is 5. The van der Waals surface area contributed by atoms with Crippen molar-refractivity contribution >= 4 is 23.5 Å². The van der Waals surface area contributed by atoms with Crippen molar-refractivity contribution in [2.75, 3.05) is 6.26 Å². The highest BCUT2D eigenvalue weighted by Crippen LogP contribution is 2.31. The van der Waals surface area contributed by atoms with Gasteiger partial charge in [-0.1, -0.05) is 54.2 Å². The van der Waals surface area contributed by atoms with Crippen molar-refractivity contribution in [3.8, 4) is 11.5 Å². The molecule has 0 amide bonds. The maximum absolute atomic E-state index is 5.76. The van der Waals surface area contributed by atoms with Gasteiger partial charge in [0.05, 0.1) is 5.56 Å². The van der Waals surface area contributed by atoms with Crippen molar-refractivity contribution in [2.45, 2.75) is 15.9 Å². The van der Waals surface area contributed by atoms with E-state index < -0.39 is 0 Å². The molecular formula is C16H14N2OS2. The fraction of sp³-hybridized carbons (Fsp3) is 0.125. The normalized spacial score (nSPS) is 10.7. The molecule has 5 heteroatoms. The third-order valence-corrected chi connectivity index (χ3v) is 4.63. The summed E-state index contributed by atoms with van der Waals surface area (Å²) < 4.78 is 5.76. The summed E-state index contributed by atoms with van der Waals surface area (Å²) in [7, 11) is 0. The van der Waals surface area contributed by atoms with Crippen molar-refractivity contribution in [1.82, 2.24) is 10.2 Å². The minimum atomic E-state index is 0.579. The molecule has 0 saturated carbocycles. The number of hydrogen-bond acceptors (Lipinski definition) is 5. The Bertz CT molecular complexity index is 713. The maximum Gasteiger partial charge on any atom is 0.277 e. The van der Waals surface area contributed by atoms with Crippen molar-refractivity contribution in [2.24, 2.45) is 0 Å². The highest BCUT2D eigenvalue weighted by molar-refractivity contribution is 7.98. The molecule has 21 heavy (non-hydrogen) atoms. The smallest absolute Gasteiger partial charge is 0.277 e. The van der Waals surface area contributed by atoms with Crippen molar-refractivity contribution in [3.63, 3.8) is 0 Å². The molecule has 3 aromatic rings. The first-order chi connectivity index (χ1) is 10.4. The van der Waals surface area contributed by atoms with E-state index in [-0.39, 0.29) is 0 Å². The van der Waals surface area contributed by atoms with E-state index in [4.69, 9.17) is 4.42 Å². The van der Waals surface area contributed by atoms with Crippen LogP contribution in [0.1, 0.15) is 5.56 Å².